The standard InChI is InChI=1S/C14H19NO3S/c1-14(2,3)15-12(16)9-18-13(17)10-5-7-11(19-4)8-6-10/h5-8H,9H2,1-4H3,(H,15,16). The highest BCUT2D eigenvalue weighted by atomic mass is 32.2. The molecule has 0 heterocycles. The SMILES string of the molecule is CSc1ccc(C(=O)OCC(=O)NC(C)(C)C)cc1. The van der Waals surface area contributed by atoms with Crippen LogP contribution in [0, 0.1) is 0 Å². The number of hydrogen-bond acceptors (Lipinski definition) is 4. The lowest BCUT2D eigenvalue weighted by Crippen LogP contribution is -2.42. The van der Waals surface area contributed by atoms with Crippen LogP contribution in [0.15, 0.2) is 29.2 Å². The van der Waals surface area contributed by atoms with Gasteiger partial charge in [-0.1, -0.05) is 0 Å². The molecule has 1 aromatic carbocycles. The van der Waals surface area contributed by atoms with Crippen LogP contribution in [0.5, 0.6) is 0 Å². The summed E-state index contributed by atoms with van der Waals surface area (Å²) >= 11 is 1.60. The molecule has 0 unspecified atom stereocenters. The van der Waals surface area contributed by atoms with Crippen LogP contribution in [-0.4, -0.2) is 30.3 Å². The van der Waals surface area contributed by atoms with Crippen LogP contribution in [0.3, 0.4) is 0 Å². The Morgan fingerprint density at radius 2 is 1.79 bits per heavy atom. The molecule has 0 aliphatic carbocycles. The molecule has 0 atom stereocenters. The van der Waals surface area contributed by atoms with Crippen LogP contribution in [0.1, 0.15) is 31.1 Å². The Balaban J connectivity index is 2.49. The molecule has 104 valence electrons. The summed E-state index contributed by atoms with van der Waals surface area (Å²) in [7, 11) is 0. The van der Waals surface area contributed by atoms with Gasteiger partial charge >= 0.3 is 5.97 Å². The number of thioether (sulfide) groups is 1. The van der Waals surface area contributed by atoms with Gasteiger partial charge in [-0.25, -0.2) is 4.79 Å². The minimum Gasteiger partial charge on any atom is -0.452 e. The van der Waals surface area contributed by atoms with Crippen LogP contribution in [0.25, 0.3) is 0 Å². The smallest absolute Gasteiger partial charge is 0.338 e. The average Bonchev–Trinajstić information content (AvgIpc) is 2.34. The molecular formula is C14H19NO3S. The fourth-order valence-corrected chi connectivity index (χ4v) is 1.80. The minimum absolute atomic E-state index is 0.264. The summed E-state index contributed by atoms with van der Waals surface area (Å²) in [5, 5.41) is 2.72. The van der Waals surface area contributed by atoms with Crippen molar-refractivity contribution in [2.24, 2.45) is 0 Å². The lowest BCUT2D eigenvalue weighted by molar-refractivity contribution is -0.125. The highest BCUT2D eigenvalue weighted by Gasteiger charge is 2.15. The third kappa shape index (κ3) is 5.79. The second-order valence-electron chi connectivity index (χ2n) is 5.10. The fourth-order valence-electron chi connectivity index (χ4n) is 1.40. The van der Waals surface area contributed by atoms with Crippen molar-refractivity contribution in [3.8, 4) is 0 Å². The van der Waals surface area contributed by atoms with Crippen molar-refractivity contribution in [2.45, 2.75) is 31.2 Å². The molecule has 1 aromatic rings. The summed E-state index contributed by atoms with van der Waals surface area (Å²) in [6, 6.07) is 7.07. The van der Waals surface area contributed by atoms with Gasteiger partial charge in [0, 0.05) is 10.4 Å². The Morgan fingerprint density at radius 1 is 1.21 bits per heavy atom. The van der Waals surface area contributed by atoms with Crippen molar-refractivity contribution in [3.63, 3.8) is 0 Å². The lowest BCUT2D eigenvalue weighted by atomic mass is 10.1. The maximum Gasteiger partial charge on any atom is 0.338 e. The van der Waals surface area contributed by atoms with Gasteiger partial charge in [-0.3, -0.25) is 4.79 Å². The topological polar surface area (TPSA) is 55.4 Å². The summed E-state index contributed by atoms with van der Waals surface area (Å²) in [6.07, 6.45) is 1.96. The predicted molar refractivity (Wildman–Crippen MR) is 76.4 cm³/mol. The molecule has 0 saturated carbocycles. The molecular weight excluding hydrogens is 262 g/mol. The maximum atomic E-state index is 11.7. The number of amides is 1. The van der Waals surface area contributed by atoms with E-state index >= 15 is 0 Å². The highest BCUT2D eigenvalue weighted by Crippen LogP contribution is 2.15. The molecule has 0 saturated heterocycles. The Kier molecular flexibility index (Phi) is 5.42. The van der Waals surface area contributed by atoms with Crippen LogP contribution in [0.2, 0.25) is 0 Å². The zero-order valence-corrected chi connectivity index (χ0v) is 12.5. The summed E-state index contributed by atoms with van der Waals surface area (Å²) in [6.45, 7) is 5.34. The third-order valence-corrected chi connectivity index (χ3v) is 2.92. The number of ether oxygens (including phenoxy) is 1. The molecule has 1 N–H and O–H groups in total. The Bertz CT molecular complexity index is 449. The van der Waals surface area contributed by atoms with Crippen molar-refractivity contribution in [3.05, 3.63) is 29.8 Å². The second-order valence-corrected chi connectivity index (χ2v) is 5.98. The van der Waals surface area contributed by atoms with E-state index in [1.807, 2.05) is 39.2 Å². The molecule has 0 spiro atoms. The molecule has 0 aromatic heterocycles. The van der Waals surface area contributed by atoms with Gasteiger partial charge in [0.15, 0.2) is 6.61 Å². The Hall–Kier alpha value is -1.49. The maximum absolute atomic E-state index is 11.7. The van der Waals surface area contributed by atoms with Crippen LogP contribution >= 0.6 is 11.8 Å². The third-order valence-electron chi connectivity index (χ3n) is 2.17. The van der Waals surface area contributed by atoms with Crippen molar-refractivity contribution in [1.29, 1.82) is 0 Å². The van der Waals surface area contributed by atoms with E-state index in [1.54, 1.807) is 23.9 Å². The first-order valence-corrected chi connectivity index (χ1v) is 7.16. The monoisotopic (exact) mass is 281 g/mol. The summed E-state index contributed by atoms with van der Waals surface area (Å²) in [4.78, 5) is 24.3. The second kappa shape index (κ2) is 6.61. The van der Waals surface area contributed by atoms with Gasteiger partial charge in [0.2, 0.25) is 0 Å². The number of carbonyl (C=O) groups is 2. The van der Waals surface area contributed by atoms with Gasteiger partial charge in [-0.05, 0) is 51.3 Å². The fraction of sp³-hybridized carbons (Fsp3) is 0.429. The molecule has 5 heteroatoms. The van der Waals surface area contributed by atoms with Crippen LogP contribution in [0.4, 0.5) is 0 Å². The van der Waals surface area contributed by atoms with Gasteiger partial charge < -0.3 is 10.1 Å². The van der Waals surface area contributed by atoms with E-state index in [1.165, 1.54) is 0 Å². The van der Waals surface area contributed by atoms with E-state index in [9.17, 15) is 9.59 Å². The zero-order chi connectivity index (χ0) is 14.5. The molecule has 0 fully saturated rings. The first-order chi connectivity index (χ1) is 8.81. The van der Waals surface area contributed by atoms with E-state index < -0.39 is 5.97 Å². The first-order valence-electron chi connectivity index (χ1n) is 5.94. The quantitative estimate of drug-likeness (QED) is 0.680. The molecule has 1 amide bonds. The Labute approximate surface area is 117 Å². The van der Waals surface area contributed by atoms with Gasteiger partial charge in [-0.15, -0.1) is 11.8 Å². The Morgan fingerprint density at radius 3 is 2.26 bits per heavy atom. The zero-order valence-electron chi connectivity index (χ0n) is 11.6. The largest absolute Gasteiger partial charge is 0.452 e. The van der Waals surface area contributed by atoms with E-state index in [0.29, 0.717) is 5.56 Å². The first kappa shape index (κ1) is 15.6. The molecule has 4 nitrogen and oxygen atoms in total. The molecule has 0 bridgehead atoms. The number of rotatable bonds is 4. The predicted octanol–water partition coefficient (Wildman–Crippen LogP) is 2.48. The highest BCUT2D eigenvalue weighted by molar-refractivity contribution is 7.98. The molecule has 0 aliphatic heterocycles. The van der Waals surface area contributed by atoms with Gasteiger partial charge in [0.1, 0.15) is 0 Å². The number of nitrogens with one attached hydrogen (secondary N) is 1. The van der Waals surface area contributed by atoms with Crippen molar-refractivity contribution < 1.29 is 14.3 Å². The number of carbonyl (C=O) groups excluding carboxylic acids is 2. The van der Waals surface area contributed by atoms with Crippen molar-refractivity contribution >= 4 is 23.6 Å². The summed E-state index contributed by atoms with van der Waals surface area (Å²) < 4.78 is 4.95. The summed E-state index contributed by atoms with van der Waals surface area (Å²) in [5.74, 6) is -0.793. The van der Waals surface area contributed by atoms with Gasteiger partial charge in [-0.2, -0.15) is 0 Å². The minimum atomic E-state index is -0.489. The summed E-state index contributed by atoms with van der Waals surface area (Å²) in [5.41, 5.74) is 0.116. The van der Waals surface area contributed by atoms with Gasteiger partial charge in [0.05, 0.1) is 5.56 Å². The van der Waals surface area contributed by atoms with Crippen LogP contribution < -0.4 is 5.32 Å². The molecule has 0 aliphatic rings. The lowest BCUT2D eigenvalue weighted by Gasteiger charge is -2.20. The number of esters is 1. The molecule has 0 radical (unpaired) electrons. The molecule has 1 rings (SSSR count). The number of hydrogen-bond donors (Lipinski definition) is 1. The van der Waals surface area contributed by atoms with Crippen LogP contribution in [-0.2, 0) is 9.53 Å². The van der Waals surface area contributed by atoms with E-state index in [-0.39, 0.29) is 18.1 Å². The van der Waals surface area contributed by atoms with Crippen molar-refractivity contribution in [1.82, 2.24) is 5.32 Å². The van der Waals surface area contributed by atoms with E-state index in [0.717, 1.165) is 4.90 Å². The molecule has 19 heavy (non-hydrogen) atoms. The van der Waals surface area contributed by atoms with E-state index in [2.05, 4.69) is 5.32 Å². The number of benzene rings is 1. The normalized spacial score (nSPS) is 10.9. The van der Waals surface area contributed by atoms with Gasteiger partial charge in [0.25, 0.3) is 5.91 Å². The average molecular weight is 281 g/mol. The van der Waals surface area contributed by atoms with E-state index in [4.69, 9.17) is 4.74 Å². The van der Waals surface area contributed by atoms with Crippen molar-refractivity contribution in [2.75, 3.05) is 12.9 Å².